The van der Waals surface area contributed by atoms with Crippen LogP contribution in [0.2, 0.25) is 5.02 Å². The van der Waals surface area contributed by atoms with Gasteiger partial charge in [-0.3, -0.25) is 4.79 Å². The van der Waals surface area contributed by atoms with E-state index in [-0.39, 0.29) is 35.7 Å². The van der Waals surface area contributed by atoms with Crippen LogP contribution in [-0.2, 0) is 14.9 Å². The molecule has 0 aromatic heterocycles. The van der Waals surface area contributed by atoms with Gasteiger partial charge in [0.1, 0.15) is 0 Å². The zero-order chi connectivity index (χ0) is 16.2. The van der Waals surface area contributed by atoms with Crippen molar-refractivity contribution in [3.63, 3.8) is 0 Å². The van der Waals surface area contributed by atoms with E-state index in [4.69, 9.17) is 22.1 Å². The third-order valence-corrected chi connectivity index (χ3v) is 4.93. The number of benzene rings is 1. The molecule has 0 radical (unpaired) electrons. The fraction of sp³-hybridized carbons (Fsp3) is 0.588. The smallest absolute Gasteiger partial charge is 0.224 e. The summed E-state index contributed by atoms with van der Waals surface area (Å²) in [6.07, 6.45) is 1.75. The summed E-state index contributed by atoms with van der Waals surface area (Å²) < 4.78 is 5.50. The molecule has 130 valence electrons. The molecule has 0 bridgehead atoms. The summed E-state index contributed by atoms with van der Waals surface area (Å²) in [6.45, 7) is 5.70. The molecular weight excluding hydrogens is 335 g/mol. The van der Waals surface area contributed by atoms with Gasteiger partial charge in [0.25, 0.3) is 0 Å². The second kappa shape index (κ2) is 8.88. The SMILES string of the molecule is CC(N)C(C)C(=O)NCC1(c2cccc(Cl)c2)CCOCC1.Cl. The summed E-state index contributed by atoms with van der Waals surface area (Å²) in [4.78, 5) is 12.2. The highest BCUT2D eigenvalue weighted by Crippen LogP contribution is 2.35. The van der Waals surface area contributed by atoms with Gasteiger partial charge in [0, 0.05) is 42.2 Å². The maximum absolute atomic E-state index is 12.2. The van der Waals surface area contributed by atoms with Gasteiger partial charge >= 0.3 is 0 Å². The van der Waals surface area contributed by atoms with Crippen molar-refractivity contribution in [2.75, 3.05) is 19.8 Å². The van der Waals surface area contributed by atoms with Crippen molar-refractivity contribution in [3.05, 3.63) is 34.9 Å². The van der Waals surface area contributed by atoms with E-state index in [1.807, 2.05) is 32.0 Å². The minimum Gasteiger partial charge on any atom is -0.381 e. The third kappa shape index (κ3) is 5.08. The van der Waals surface area contributed by atoms with Gasteiger partial charge in [0.2, 0.25) is 5.91 Å². The second-order valence-electron chi connectivity index (χ2n) is 6.27. The Hall–Kier alpha value is -0.810. The van der Waals surface area contributed by atoms with E-state index >= 15 is 0 Å². The molecule has 3 N–H and O–H groups in total. The van der Waals surface area contributed by atoms with E-state index in [1.165, 1.54) is 0 Å². The van der Waals surface area contributed by atoms with E-state index in [2.05, 4.69) is 11.4 Å². The molecule has 1 aliphatic rings. The Bertz CT molecular complexity index is 517. The van der Waals surface area contributed by atoms with Crippen molar-refractivity contribution in [2.45, 2.75) is 38.1 Å². The highest BCUT2D eigenvalue weighted by molar-refractivity contribution is 6.30. The van der Waals surface area contributed by atoms with Crippen LogP contribution in [0.25, 0.3) is 0 Å². The molecule has 2 rings (SSSR count). The van der Waals surface area contributed by atoms with Gasteiger partial charge in [0.05, 0.1) is 0 Å². The number of ether oxygens (including phenoxy) is 1. The van der Waals surface area contributed by atoms with Gasteiger partial charge in [-0.25, -0.2) is 0 Å². The van der Waals surface area contributed by atoms with Crippen LogP contribution in [0.3, 0.4) is 0 Å². The lowest BCUT2D eigenvalue weighted by atomic mass is 9.74. The summed E-state index contributed by atoms with van der Waals surface area (Å²) in [7, 11) is 0. The van der Waals surface area contributed by atoms with E-state index in [9.17, 15) is 4.79 Å². The number of carbonyl (C=O) groups is 1. The van der Waals surface area contributed by atoms with Gasteiger partial charge in [0.15, 0.2) is 0 Å². The van der Waals surface area contributed by atoms with E-state index in [0.717, 1.165) is 23.4 Å². The summed E-state index contributed by atoms with van der Waals surface area (Å²) in [5.74, 6) is -0.195. The zero-order valence-electron chi connectivity index (χ0n) is 13.7. The van der Waals surface area contributed by atoms with Gasteiger partial charge in [-0.05, 0) is 37.5 Å². The first-order valence-electron chi connectivity index (χ1n) is 7.82. The lowest BCUT2D eigenvalue weighted by Crippen LogP contribution is -2.47. The Morgan fingerprint density at radius 1 is 1.39 bits per heavy atom. The molecule has 1 aromatic rings. The van der Waals surface area contributed by atoms with Crippen LogP contribution >= 0.6 is 24.0 Å². The van der Waals surface area contributed by atoms with Crippen LogP contribution in [0.15, 0.2) is 24.3 Å². The number of nitrogens with two attached hydrogens (primary N) is 1. The number of carbonyl (C=O) groups excluding carboxylic acids is 1. The molecule has 1 aromatic carbocycles. The average molecular weight is 361 g/mol. The molecule has 1 amide bonds. The molecule has 6 heteroatoms. The Morgan fingerprint density at radius 2 is 2.04 bits per heavy atom. The highest BCUT2D eigenvalue weighted by atomic mass is 35.5. The lowest BCUT2D eigenvalue weighted by Gasteiger charge is -2.38. The van der Waals surface area contributed by atoms with E-state index in [0.29, 0.717) is 19.8 Å². The number of rotatable bonds is 5. The molecule has 1 fully saturated rings. The minimum atomic E-state index is -0.198. The number of nitrogens with one attached hydrogen (secondary N) is 1. The van der Waals surface area contributed by atoms with Crippen molar-refractivity contribution in [3.8, 4) is 0 Å². The van der Waals surface area contributed by atoms with Crippen molar-refractivity contribution in [1.29, 1.82) is 0 Å². The third-order valence-electron chi connectivity index (χ3n) is 4.69. The molecule has 2 atom stereocenters. The fourth-order valence-electron chi connectivity index (χ4n) is 2.80. The quantitative estimate of drug-likeness (QED) is 0.848. The minimum absolute atomic E-state index is 0. The number of hydrogen-bond donors (Lipinski definition) is 2. The lowest BCUT2D eigenvalue weighted by molar-refractivity contribution is -0.125. The molecule has 1 saturated heterocycles. The monoisotopic (exact) mass is 360 g/mol. The Balaban J connectivity index is 0.00000264. The van der Waals surface area contributed by atoms with Gasteiger partial charge < -0.3 is 15.8 Å². The number of halogens is 2. The highest BCUT2D eigenvalue weighted by Gasteiger charge is 2.35. The van der Waals surface area contributed by atoms with Crippen LogP contribution in [-0.4, -0.2) is 31.7 Å². The summed E-state index contributed by atoms with van der Waals surface area (Å²) in [5.41, 5.74) is 6.86. The van der Waals surface area contributed by atoms with Crippen molar-refractivity contribution in [2.24, 2.45) is 11.7 Å². The van der Waals surface area contributed by atoms with E-state index < -0.39 is 0 Å². The Labute approximate surface area is 149 Å². The molecule has 0 saturated carbocycles. The molecular formula is C17H26Cl2N2O2. The molecule has 4 nitrogen and oxygen atoms in total. The largest absolute Gasteiger partial charge is 0.381 e. The molecule has 23 heavy (non-hydrogen) atoms. The van der Waals surface area contributed by atoms with Gasteiger partial charge in [-0.15, -0.1) is 12.4 Å². The maximum atomic E-state index is 12.2. The van der Waals surface area contributed by atoms with Crippen LogP contribution in [0.5, 0.6) is 0 Å². The molecule has 1 heterocycles. The molecule has 1 aliphatic heterocycles. The van der Waals surface area contributed by atoms with Gasteiger partial charge in [-0.1, -0.05) is 30.7 Å². The zero-order valence-corrected chi connectivity index (χ0v) is 15.3. The van der Waals surface area contributed by atoms with Gasteiger partial charge in [-0.2, -0.15) is 0 Å². The maximum Gasteiger partial charge on any atom is 0.224 e. The van der Waals surface area contributed by atoms with Crippen molar-refractivity contribution < 1.29 is 9.53 Å². The van der Waals surface area contributed by atoms with Crippen molar-refractivity contribution in [1.82, 2.24) is 5.32 Å². The second-order valence-corrected chi connectivity index (χ2v) is 6.71. The first-order valence-corrected chi connectivity index (χ1v) is 8.19. The first-order chi connectivity index (χ1) is 10.4. The summed E-state index contributed by atoms with van der Waals surface area (Å²) in [5, 5.41) is 3.80. The Morgan fingerprint density at radius 3 is 2.61 bits per heavy atom. The first kappa shape index (κ1) is 20.2. The summed E-state index contributed by atoms with van der Waals surface area (Å²) in [6, 6.07) is 7.75. The van der Waals surface area contributed by atoms with E-state index in [1.54, 1.807) is 0 Å². The van der Waals surface area contributed by atoms with Crippen LogP contribution in [0, 0.1) is 5.92 Å². The standard InChI is InChI=1S/C17H25ClN2O2.ClH/c1-12(13(2)19)16(21)20-11-17(6-8-22-9-7-17)14-4-3-5-15(18)10-14;/h3-5,10,12-13H,6-9,11,19H2,1-2H3,(H,20,21);1H. The van der Waals surface area contributed by atoms with Crippen molar-refractivity contribution >= 4 is 29.9 Å². The fourth-order valence-corrected chi connectivity index (χ4v) is 2.99. The number of amides is 1. The molecule has 0 aliphatic carbocycles. The molecule has 0 spiro atoms. The number of hydrogen-bond acceptors (Lipinski definition) is 3. The predicted octanol–water partition coefficient (Wildman–Crippen LogP) is 2.91. The topological polar surface area (TPSA) is 64.4 Å². The summed E-state index contributed by atoms with van der Waals surface area (Å²) >= 11 is 6.15. The predicted molar refractivity (Wildman–Crippen MR) is 96.3 cm³/mol. The van der Waals surface area contributed by atoms with Crippen LogP contribution < -0.4 is 11.1 Å². The average Bonchev–Trinajstić information content (AvgIpc) is 2.52. The van der Waals surface area contributed by atoms with Crippen LogP contribution in [0.1, 0.15) is 32.3 Å². The van der Waals surface area contributed by atoms with Crippen LogP contribution in [0.4, 0.5) is 0 Å². The normalized spacial score (nSPS) is 19.3. The Kier molecular flexibility index (Phi) is 7.81. The molecule has 2 unspecified atom stereocenters.